The molecule has 1 N–H and O–H groups in total. The van der Waals surface area contributed by atoms with Crippen molar-refractivity contribution in [3.63, 3.8) is 0 Å². The van der Waals surface area contributed by atoms with Gasteiger partial charge in [-0.25, -0.2) is 4.98 Å². The summed E-state index contributed by atoms with van der Waals surface area (Å²) in [6.45, 7) is 3.42. The van der Waals surface area contributed by atoms with Gasteiger partial charge in [0.25, 0.3) is 0 Å². The van der Waals surface area contributed by atoms with Crippen molar-refractivity contribution >= 4 is 11.3 Å². The summed E-state index contributed by atoms with van der Waals surface area (Å²) in [5, 5.41) is 5.81. The Morgan fingerprint density at radius 2 is 2.44 bits per heavy atom. The summed E-state index contributed by atoms with van der Waals surface area (Å²) in [4.78, 5) is 4.37. The van der Waals surface area contributed by atoms with Gasteiger partial charge in [0.15, 0.2) is 0 Å². The molecule has 0 saturated heterocycles. The van der Waals surface area contributed by atoms with E-state index in [0.29, 0.717) is 6.04 Å². The van der Waals surface area contributed by atoms with Crippen LogP contribution in [0, 0.1) is 17.8 Å². The van der Waals surface area contributed by atoms with Crippen LogP contribution in [0.4, 0.5) is 0 Å². The number of fused-ring (bicyclic) bond motifs is 2. The number of hydrogen-bond donors (Lipinski definition) is 1. The molecule has 2 aliphatic rings. The average Bonchev–Trinajstić information content (AvgIpc) is 3.01. The lowest BCUT2D eigenvalue weighted by Gasteiger charge is -2.23. The highest BCUT2D eigenvalue weighted by Gasteiger charge is 2.39. The van der Waals surface area contributed by atoms with Gasteiger partial charge >= 0.3 is 0 Å². The first-order valence-corrected chi connectivity index (χ1v) is 7.38. The lowest BCUT2D eigenvalue weighted by Crippen LogP contribution is -2.28. The van der Waals surface area contributed by atoms with Crippen LogP contribution in [0.2, 0.25) is 0 Å². The number of rotatable bonds is 4. The molecule has 4 unspecified atom stereocenters. The molecule has 2 saturated carbocycles. The molecule has 16 heavy (non-hydrogen) atoms. The van der Waals surface area contributed by atoms with Gasteiger partial charge in [-0.1, -0.05) is 6.42 Å². The monoisotopic (exact) mass is 236 g/mol. The second-order valence-corrected chi connectivity index (χ2v) is 6.20. The summed E-state index contributed by atoms with van der Waals surface area (Å²) in [5.41, 5.74) is 3.12. The van der Waals surface area contributed by atoms with Crippen LogP contribution in [0.15, 0.2) is 10.9 Å². The van der Waals surface area contributed by atoms with Crippen LogP contribution in [-0.4, -0.2) is 11.5 Å². The molecule has 3 rings (SSSR count). The third kappa shape index (κ3) is 2.03. The lowest BCUT2D eigenvalue weighted by atomic mass is 9.88. The highest BCUT2D eigenvalue weighted by atomic mass is 32.1. The standard InChI is InChI=1S/C13H20N2S/c1-9(13-7-16-8-15-13)14-6-12-5-10-2-3-11(12)4-10/h7-12,14H,2-6H2,1H3. The molecule has 2 bridgehead atoms. The predicted molar refractivity (Wildman–Crippen MR) is 67.5 cm³/mol. The molecule has 4 atom stereocenters. The molecule has 0 radical (unpaired) electrons. The smallest absolute Gasteiger partial charge is 0.0795 e. The SMILES string of the molecule is CC(NCC1CC2CCC1C2)c1cscn1. The molecule has 0 aromatic carbocycles. The topological polar surface area (TPSA) is 24.9 Å². The second-order valence-electron chi connectivity index (χ2n) is 5.48. The van der Waals surface area contributed by atoms with E-state index in [1.165, 1.54) is 37.9 Å². The minimum absolute atomic E-state index is 0.422. The van der Waals surface area contributed by atoms with Gasteiger partial charge in [-0.15, -0.1) is 11.3 Å². The number of nitrogens with zero attached hydrogens (tertiary/aromatic N) is 1. The Kier molecular flexibility index (Phi) is 2.99. The maximum Gasteiger partial charge on any atom is 0.0795 e. The van der Waals surface area contributed by atoms with Crippen molar-refractivity contribution in [3.05, 3.63) is 16.6 Å². The van der Waals surface area contributed by atoms with Crippen molar-refractivity contribution in [3.8, 4) is 0 Å². The van der Waals surface area contributed by atoms with Gasteiger partial charge in [0.05, 0.1) is 11.2 Å². The molecule has 2 fully saturated rings. The molecule has 88 valence electrons. The maximum absolute atomic E-state index is 4.37. The fraction of sp³-hybridized carbons (Fsp3) is 0.769. The molecule has 1 aromatic heterocycles. The lowest BCUT2D eigenvalue weighted by molar-refractivity contribution is 0.309. The van der Waals surface area contributed by atoms with E-state index in [1.807, 2.05) is 5.51 Å². The van der Waals surface area contributed by atoms with Crippen LogP contribution in [0.3, 0.4) is 0 Å². The molecule has 3 heteroatoms. The van der Waals surface area contributed by atoms with Gasteiger partial charge in [0, 0.05) is 11.4 Å². The number of hydrogen-bond acceptors (Lipinski definition) is 3. The minimum Gasteiger partial charge on any atom is -0.309 e. The van der Waals surface area contributed by atoms with Crippen LogP contribution in [0.25, 0.3) is 0 Å². The Hall–Kier alpha value is -0.410. The van der Waals surface area contributed by atoms with Crippen molar-refractivity contribution in [2.45, 2.75) is 38.6 Å². The third-order valence-electron chi connectivity index (χ3n) is 4.47. The summed E-state index contributed by atoms with van der Waals surface area (Å²) in [5.74, 6) is 3.03. The molecule has 1 aromatic rings. The molecule has 2 nitrogen and oxygen atoms in total. The summed E-state index contributed by atoms with van der Waals surface area (Å²) >= 11 is 1.69. The summed E-state index contributed by atoms with van der Waals surface area (Å²) in [6.07, 6.45) is 5.98. The van der Waals surface area contributed by atoms with Gasteiger partial charge in [0.1, 0.15) is 0 Å². The van der Waals surface area contributed by atoms with E-state index in [0.717, 1.165) is 17.8 Å². The van der Waals surface area contributed by atoms with Crippen LogP contribution < -0.4 is 5.32 Å². The summed E-state index contributed by atoms with van der Waals surface area (Å²) in [7, 11) is 0. The third-order valence-corrected chi connectivity index (χ3v) is 5.07. The number of thiazole rings is 1. The molecule has 1 heterocycles. The van der Waals surface area contributed by atoms with E-state index < -0.39 is 0 Å². The Labute approximate surface area is 101 Å². The zero-order valence-electron chi connectivity index (χ0n) is 9.86. The molecule has 0 spiro atoms. The molecule has 0 amide bonds. The second kappa shape index (κ2) is 4.46. The zero-order chi connectivity index (χ0) is 11.0. The Bertz CT molecular complexity index is 336. The Morgan fingerprint density at radius 1 is 1.50 bits per heavy atom. The van der Waals surface area contributed by atoms with Gasteiger partial charge in [0.2, 0.25) is 0 Å². The highest BCUT2D eigenvalue weighted by molar-refractivity contribution is 7.07. The van der Waals surface area contributed by atoms with Crippen LogP contribution in [0.1, 0.15) is 44.3 Å². The normalized spacial score (nSPS) is 34.4. The van der Waals surface area contributed by atoms with E-state index in [-0.39, 0.29) is 0 Å². The fourth-order valence-corrected chi connectivity index (χ4v) is 4.14. The first-order chi connectivity index (χ1) is 7.83. The number of aromatic nitrogens is 1. The van der Waals surface area contributed by atoms with E-state index in [2.05, 4.69) is 22.6 Å². The first kappa shape index (κ1) is 10.7. The molecular weight excluding hydrogens is 216 g/mol. The Morgan fingerprint density at radius 3 is 3.06 bits per heavy atom. The fourth-order valence-electron chi connectivity index (χ4n) is 3.49. The van der Waals surface area contributed by atoms with Gasteiger partial charge in [-0.05, 0) is 50.5 Å². The molecule has 2 aliphatic carbocycles. The predicted octanol–water partition coefficient (Wildman–Crippen LogP) is 3.23. The number of nitrogens with one attached hydrogen (secondary N) is 1. The highest BCUT2D eigenvalue weighted by Crippen LogP contribution is 2.48. The van der Waals surface area contributed by atoms with Crippen molar-refractivity contribution < 1.29 is 0 Å². The average molecular weight is 236 g/mol. The molecular formula is C13H20N2S. The van der Waals surface area contributed by atoms with Crippen LogP contribution >= 0.6 is 11.3 Å². The van der Waals surface area contributed by atoms with Crippen molar-refractivity contribution in [2.75, 3.05) is 6.54 Å². The minimum atomic E-state index is 0.422. The van der Waals surface area contributed by atoms with Crippen molar-refractivity contribution in [2.24, 2.45) is 17.8 Å². The largest absolute Gasteiger partial charge is 0.309 e. The van der Waals surface area contributed by atoms with E-state index >= 15 is 0 Å². The summed E-state index contributed by atoms with van der Waals surface area (Å²) in [6, 6.07) is 0.422. The van der Waals surface area contributed by atoms with E-state index in [1.54, 1.807) is 11.3 Å². The van der Waals surface area contributed by atoms with E-state index in [4.69, 9.17) is 0 Å². The zero-order valence-corrected chi connectivity index (χ0v) is 10.7. The quantitative estimate of drug-likeness (QED) is 0.868. The molecule has 0 aliphatic heterocycles. The van der Waals surface area contributed by atoms with E-state index in [9.17, 15) is 0 Å². The van der Waals surface area contributed by atoms with Crippen molar-refractivity contribution in [1.29, 1.82) is 0 Å². The Balaban J connectivity index is 1.50. The van der Waals surface area contributed by atoms with Gasteiger partial charge in [-0.2, -0.15) is 0 Å². The summed E-state index contributed by atoms with van der Waals surface area (Å²) < 4.78 is 0. The van der Waals surface area contributed by atoms with Gasteiger partial charge < -0.3 is 5.32 Å². The van der Waals surface area contributed by atoms with Crippen LogP contribution in [0.5, 0.6) is 0 Å². The maximum atomic E-state index is 4.37. The van der Waals surface area contributed by atoms with Gasteiger partial charge in [-0.3, -0.25) is 0 Å². The van der Waals surface area contributed by atoms with Crippen molar-refractivity contribution in [1.82, 2.24) is 10.3 Å². The first-order valence-electron chi connectivity index (χ1n) is 6.44. The van der Waals surface area contributed by atoms with Crippen LogP contribution in [-0.2, 0) is 0 Å².